The molecule has 0 fully saturated rings. The smallest absolute Gasteiger partial charge is 0.231 e. The van der Waals surface area contributed by atoms with Crippen molar-refractivity contribution >= 4 is 0 Å². The van der Waals surface area contributed by atoms with E-state index in [0.717, 1.165) is 40.5 Å². The SMILES string of the molecule is CCCOc1cc2c(cc1C(C)c1ccc(OCC)c(C)c1)OCO2. The number of benzene rings is 2. The lowest BCUT2D eigenvalue weighted by atomic mass is 9.91. The summed E-state index contributed by atoms with van der Waals surface area (Å²) >= 11 is 0. The van der Waals surface area contributed by atoms with Crippen LogP contribution in [0, 0.1) is 6.92 Å². The van der Waals surface area contributed by atoms with Crippen LogP contribution < -0.4 is 18.9 Å². The lowest BCUT2D eigenvalue weighted by Crippen LogP contribution is -2.04. The molecule has 0 N–H and O–H groups in total. The van der Waals surface area contributed by atoms with E-state index < -0.39 is 0 Å². The Morgan fingerprint density at radius 3 is 2.44 bits per heavy atom. The molecule has 0 saturated heterocycles. The first-order chi connectivity index (χ1) is 12.1. The van der Waals surface area contributed by atoms with Crippen molar-refractivity contribution < 1.29 is 18.9 Å². The maximum Gasteiger partial charge on any atom is 0.231 e. The van der Waals surface area contributed by atoms with Crippen molar-refractivity contribution in [3.63, 3.8) is 0 Å². The van der Waals surface area contributed by atoms with E-state index in [1.807, 2.05) is 25.1 Å². The van der Waals surface area contributed by atoms with Crippen molar-refractivity contribution in [1.29, 1.82) is 0 Å². The van der Waals surface area contributed by atoms with Gasteiger partial charge in [0.05, 0.1) is 13.2 Å². The minimum absolute atomic E-state index is 0.177. The first kappa shape index (κ1) is 17.5. The summed E-state index contributed by atoms with van der Waals surface area (Å²) in [6.07, 6.45) is 0.963. The third-order valence-electron chi connectivity index (χ3n) is 4.43. The molecule has 2 aromatic carbocycles. The van der Waals surface area contributed by atoms with Gasteiger partial charge in [0.15, 0.2) is 11.5 Å². The van der Waals surface area contributed by atoms with Crippen molar-refractivity contribution in [2.24, 2.45) is 0 Å². The summed E-state index contributed by atoms with van der Waals surface area (Å²) < 4.78 is 22.7. The van der Waals surface area contributed by atoms with Crippen LogP contribution in [0.5, 0.6) is 23.0 Å². The Bertz CT molecular complexity index is 739. The van der Waals surface area contributed by atoms with E-state index >= 15 is 0 Å². The Morgan fingerprint density at radius 2 is 1.76 bits per heavy atom. The zero-order valence-electron chi connectivity index (χ0n) is 15.4. The number of hydrogen-bond donors (Lipinski definition) is 0. The first-order valence-corrected chi connectivity index (χ1v) is 8.93. The predicted octanol–water partition coefficient (Wildman–Crippen LogP) is 5.06. The Kier molecular flexibility index (Phi) is 5.37. The van der Waals surface area contributed by atoms with Gasteiger partial charge in [-0.25, -0.2) is 0 Å². The third-order valence-corrected chi connectivity index (χ3v) is 4.43. The van der Waals surface area contributed by atoms with E-state index in [2.05, 4.69) is 32.9 Å². The van der Waals surface area contributed by atoms with E-state index in [-0.39, 0.29) is 12.7 Å². The van der Waals surface area contributed by atoms with Gasteiger partial charge in [-0.2, -0.15) is 0 Å². The molecule has 3 rings (SSSR count). The maximum atomic E-state index is 5.99. The molecule has 0 radical (unpaired) electrons. The summed E-state index contributed by atoms with van der Waals surface area (Å²) in [5.74, 6) is 3.52. The predicted molar refractivity (Wildman–Crippen MR) is 98.2 cm³/mol. The Balaban J connectivity index is 1.95. The summed E-state index contributed by atoms with van der Waals surface area (Å²) in [6, 6.07) is 10.3. The summed E-state index contributed by atoms with van der Waals surface area (Å²) in [5, 5.41) is 0. The second-order valence-corrected chi connectivity index (χ2v) is 6.27. The quantitative estimate of drug-likeness (QED) is 0.704. The topological polar surface area (TPSA) is 36.9 Å². The highest BCUT2D eigenvalue weighted by atomic mass is 16.7. The van der Waals surface area contributed by atoms with Crippen molar-refractivity contribution in [3.05, 3.63) is 47.0 Å². The molecule has 0 bridgehead atoms. The van der Waals surface area contributed by atoms with Gasteiger partial charge in [0.1, 0.15) is 11.5 Å². The number of ether oxygens (including phenoxy) is 4. The van der Waals surface area contributed by atoms with Gasteiger partial charge in [-0.3, -0.25) is 0 Å². The monoisotopic (exact) mass is 342 g/mol. The fourth-order valence-corrected chi connectivity index (χ4v) is 3.05. The van der Waals surface area contributed by atoms with Crippen LogP contribution in [0.25, 0.3) is 0 Å². The lowest BCUT2D eigenvalue weighted by molar-refractivity contribution is 0.173. The zero-order valence-corrected chi connectivity index (χ0v) is 15.4. The average molecular weight is 342 g/mol. The van der Waals surface area contributed by atoms with Gasteiger partial charge in [0, 0.05) is 17.5 Å². The maximum absolute atomic E-state index is 5.99. The third kappa shape index (κ3) is 3.68. The van der Waals surface area contributed by atoms with Gasteiger partial charge in [0.2, 0.25) is 6.79 Å². The minimum atomic E-state index is 0.177. The molecule has 0 aliphatic carbocycles. The molecule has 4 nitrogen and oxygen atoms in total. The lowest BCUT2D eigenvalue weighted by Gasteiger charge is -2.19. The van der Waals surface area contributed by atoms with E-state index in [1.54, 1.807) is 0 Å². The standard InChI is InChI=1S/C21H26O4/c1-5-9-23-19-12-21-20(24-13-25-21)11-17(19)15(4)16-7-8-18(22-6-2)14(3)10-16/h7-8,10-12,15H,5-6,9,13H2,1-4H3. The van der Waals surface area contributed by atoms with Crippen LogP contribution in [-0.4, -0.2) is 20.0 Å². The zero-order chi connectivity index (χ0) is 17.8. The summed E-state index contributed by atoms with van der Waals surface area (Å²) in [6.45, 7) is 9.99. The molecule has 0 spiro atoms. The molecule has 4 heteroatoms. The molecule has 0 amide bonds. The van der Waals surface area contributed by atoms with Crippen LogP contribution in [0.3, 0.4) is 0 Å². The fraction of sp³-hybridized carbons (Fsp3) is 0.429. The molecule has 0 aromatic heterocycles. The summed E-state index contributed by atoms with van der Waals surface area (Å²) in [5.41, 5.74) is 3.48. The molecule has 1 heterocycles. The summed E-state index contributed by atoms with van der Waals surface area (Å²) in [7, 11) is 0. The molecule has 2 aromatic rings. The highest BCUT2D eigenvalue weighted by molar-refractivity contribution is 5.55. The van der Waals surface area contributed by atoms with Gasteiger partial charge in [0.25, 0.3) is 0 Å². The van der Waals surface area contributed by atoms with Crippen LogP contribution in [-0.2, 0) is 0 Å². The largest absolute Gasteiger partial charge is 0.494 e. The molecule has 0 saturated carbocycles. The van der Waals surface area contributed by atoms with Crippen LogP contribution in [0.4, 0.5) is 0 Å². The van der Waals surface area contributed by atoms with E-state index in [9.17, 15) is 0 Å². The molecule has 1 atom stereocenters. The Hall–Kier alpha value is -2.36. The van der Waals surface area contributed by atoms with Gasteiger partial charge >= 0.3 is 0 Å². The van der Waals surface area contributed by atoms with Gasteiger partial charge in [-0.05, 0) is 43.5 Å². The van der Waals surface area contributed by atoms with Crippen LogP contribution in [0.15, 0.2) is 30.3 Å². The number of rotatable bonds is 7. The van der Waals surface area contributed by atoms with Crippen molar-refractivity contribution in [1.82, 2.24) is 0 Å². The van der Waals surface area contributed by atoms with E-state index in [0.29, 0.717) is 13.2 Å². The average Bonchev–Trinajstić information content (AvgIpc) is 3.07. The van der Waals surface area contributed by atoms with Crippen LogP contribution >= 0.6 is 0 Å². The van der Waals surface area contributed by atoms with Crippen LogP contribution in [0.1, 0.15) is 49.8 Å². The van der Waals surface area contributed by atoms with Crippen molar-refractivity contribution in [3.8, 4) is 23.0 Å². The minimum Gasteiger partial charge on any atom is -0.494 e. The number of aryl methyl sites for hydroxylation is 1. The highest BCUT2D eigenvalue weighted by Crippen LogP contribution is 2.43. The second kappa shape index (κ2) is 7.68. The molecule has 134 valence electrons. The van der Waals surface area contributed by atoms with Gasteiger partial charge < -0.3 is 18.9 Å². The van der Waals surface area contributed by atoms with E-state index in [4.69, 9.17) is 18.9 Å². The van der Waals surface area contributed by atoms with Gasteiger partial charge in [-0.15, -0.1) is 0 Å². The van der Waals surface area contributed by atoms with Crippen molar-refractivity contribution in [2.45, 2.75) is 40.0 Å². The fourth-order valence-electron chi connectivity index (χ4n) is 3.05. The second-order valence-electron chi connectivity index (χ2n) is 6.27. The molecule has 1 aliphatic rings. The molecule has 25 heavy (non-hydrogen) atoms. The Morgan fingerprint density at radius 1 is 1.00 bits per heavy atom. The first-order valence-electron chi connectivity index (χ1n) is 8.93. The van der Waals surface area contributed by atoms with Crippen LogP contribution in [0.2, 0.25) is 0 Å². The van der Waals surface area contributed by atoms with Crippen molar-refractivity contribution in [2.75, 3.05) is 20.0 Å². The molecular formula is C21H26O4. The molecule has 1 aliphatic heterocycles. The molecule has 1 unspecified atom stereocenters. The molecular weight excluding hydrogens is 316 g/mol. The van der Waals surface area contributed by atoms with E-state index in [1.165, 1.54) is 5.56 Å². The summed E-state index contributed by atoms with van der Waals surface area (Å²) in [4.78, 5) is 0. The normalized spacial score (nSPS) is 13.6. The number of hydrogen-bond acceptors (Lipinski definition) is 4. The van der Waals surface area contributed by atoms with Gasteiger partial charge in [-0.1, -0.05) is 26.0 Å². The number of fused-ring (bicyclic) bond motifs is 1. The Labute approximate surface area is 149 Å². The highest BCUT2D eigenvalue weighted by Gasteiger charge is 2.22.